The van der Waals surface area contributed by atoms with Gasteiger partial charge in [0.15, 0.2) is 0 Å². The van der Waals surface area contributed by atoms with Gasteiger partial charge in [-0.05, 0) is 37.3 Å². The Balaban J connectivity index is 2.32. The van der Waals surface area contributed by atoms with Crippen LogP contribution in [0.5, 0.6) is 0 Å². The maximum Gasteiger partial charge on any atom is 0.255 e. The second-order valence-corrected chi connectivity index (χ2v) is 4.74. The van der Waals surface area contributed by atoms with Crippen molar-refractivity contribution in [2.45, 2.75) is 6.92 Å². The number of halogens is 1. The number of anilines is 1. The molecule has 2 aromatic rings. The van der Waals surface area contributed by atoms with Gasteiger partial charge in [0.1, 0.15) is 0 Å². The summed E-state index contributed by atoms with van der Waals surface area (Å²) in [5.74, 6) is -1.78. The highest BCUT2D eigenvalue weighted by Gasteiger charge is 2.10. The number of hydrogen-bond acceptors (Lipinski definition) is 3. The molecule has 102 valence electrons. The summed E-state index contributed by atoms with van der Waals surface area (Å²) in [6.07, 6.45) is 0. The molecule has 0 aliphatic heterocycles. The molecule has 0 radical (unpaired) electrons. The first-order chi connectivity index (χ1) is 9.47. The Hall–Kier alpha value is -2.33. The lowest BCUT2D eigenvalue weighted by molar-refractivity contribution is -0.254. The average Bonchev–Trinajstić information content (AvgIpc) is 2.38. The maximum atomic E-state index is 12.1. The highest BCUT2D eigenvalue weighted by Crippen LogP contribution is 2.21. The molecular formula is C15H11ClNO3-. The molecule has 0 aliphatic rings. The smallest absolute Gasteiger partial charge is 0.255 e. The molecule has 0 atom stereocenters. The van der Waals surface area contributed by atoms with Crippen molar-refractivity contribution in [1.29, 1.82) is 0 Å². The summed E-state index contributed by atoms with van der Waals surface area (Å²) in [6, 6.07) is 11.1. The van der Waals surface area contributed by atoms with Gasteiger partial charge in [-0.1, -0.05) is 29.3 Å². The maximum absolute atomic E-state index is 12.1. The molecule has 0 spiro atoms. The van der Waals surface area contributed by atoms with Gasteiger partial charge >= 0.3 is 0 Å². The van der Waals surface area contributed by atoms with Crippen LogP contribution in [0, 0.1) is 6.92 Å². The molecule has 2 rings (SSSR count). The number of carbonyl (C=O) groups is 2. The Morgan fingerprint density at radius 2 is 1.90 bits per heavy atom. The first kappa shape index (κ1) is 14.1. The zero-order valence-electron chi connectivity index (χ0n) is 10.6. The third-order valence-electron chi connectivity index (χ3n) is 2.73. The van der Waals surface area contributed by atoms with Gasteiger partial charge < -0.3 is 15.2 Å². The van der Waals surface area contributed by atoms with Gasteiger partial charge in [-0.25, -0.2) is 0 Å². The van der Waals surface area contributed by atoms with Gasteiger partial charge in [0.25, 0.3) is 5.91 Å². The number of rotatable bonds is 3. The fraction of sp³-hybridized carbons (Fsp3) is 0.0667. The van der Waals surface area contributed by atoms with E-state index >= 15 is 0 Å². The van der Waals surface area contributed by atoms with Crippen LogP contribution in [0.25, 0.3) is 0 Å². The Morgan fingerprint density at radius 3 is 2.55 bits per heavy atom. The summed E-state index contributed by atoms with van der Waals surface area (Å²) in [5.41, 5.74) is 1.37. The zero-order chi connectivity index (χ0) is 14.7. The van der Waals surface area contributed by atoms with Crippen LogP contribution in [0.15, 0.2) is 42.5 Å². The second kappa shape index (κ2) is 5.75. The Labute approximate surface area is 121 Å². The van der Waals surface area contributed by atoms with E-state index < -0.39 is 11.9 Å². The normalized spacial score (nSPS) is 10.1. The van der Waals surface area contributed by atoms with Crippen molar-refractivity contribution < 1.29 is 14.7 Å². The van der Waals surface area contributed by atoms with Crippen LogP contribution in [0.2, 0.25) is 5.02 Å². The molecule has 2 aromatic carbocycles. The topological polar surface area (TPSA) is 69.2 Å². The van der Waals surface area contributed by atoms with E-state index in [1.54, 1.807) is 18.2 Å². The fourth-order valence-corrected chi connectivity index (χ4v) is 1.95. The number of amides is 1. The van der Waals surface area contributed by atoms with Crippen molar-refractivity contribution in [2.75, 3.05) is 5.32 Å². The first-order valence-electron chi connectivity index (χ1n) is 5.86. The van der Waals surface area contributed by atoms with E-state index in [-0.39, 0.29) is 11.3 Å². The highest BCUT2D eigenvalue weighted by atomic mass is 35.5. The molecule has 0 fully saturated rings. The minimum Gasteiger partial charge on any atom is -0.545 e. The van der Waals surface area contributed by atoms with Crippen molar-refractivity contribution in [1.82, 2.24) is 0 Å². The van der Waals surface area contributed by atoms with E-state index in [0.29, 0.717) is 10.6 Å². The van der Waals surface area contributed by atoms with Gasteiger partial charge in [0.05, 0.1) is 11.7 Å². The molecule has 0 heterocycles. The van der Waals surface area contributed by atoms with E-state index in [1.165, 1.54) is 18.2 Å². The molecule has 0 bridgehead atoms. The fourth-order valence-electron chi connectivity index (χ4n) is 1.78. The minimum atomic E-state index is -1.37. The predicted octanol–water partition coefficient (Wildman–Crippen LogP) is 2.26. The van der Waals surface area contributed by atoms with Crippen LogP contribution in [-0.4, -0.2) is 11.9 Å². The number of carboxylic acid groups (broad SMARTS) is 1. The molecule has 20 heavy (non-hydrogen) atoms. The predicted molar refractivity (Wildman–Crippen MR) is 74.9 cm³/mol. The summed E-state index contributed by atoms with van der Waals surface area (Å²) >= 11 is 5.81. The SMILES string of the molecule is Cc1cccc(C(=O)Nc2cc(Cl)ccc2C(=O)[O-])c1. The number of carboxylic acids is 1. The number of hydrogen-bond donors (Lipinski definition) is 1. The number of aromatic carboxylic acids is 1. The van der Waals surface area contributed by atoms with Gasteiger partial charge in [0.2, 0.25) is 0 Å². The van der Waals surface area contributed by atoms with Crippen LogP contribution in [-0.2, 0) is 0 Å². The van der Waals surface area contributed by atoms with Gasteiger partial charge in [-0.2, -0.15) is 0 Å². The van der Waals surface area contributed by atoms with Crippen molar-refractivity contribution in [3.8, 4) is 0 Å². The number of benzene rings is 2. The summed E-state index contributed by atoms with van der Waals surface area (Å²) in [4.78, 5) is 23.1. The van der Waals surface area contributed by atoms with Crippen molar-refractivity contribution in [2.24, 2.45) is 0 Å². The van der Waals surface area contributed by atoms with Crippen LogP contribution < -0.4 is 10.4 Å². The van der Waals surface area contributed by atoms with Crippen LogP contribution in [0.3, 0.4) is 0 Å². The Morgan fingerprint density at radius 1 is 1.15 bits per heavy atom. The third kappa shape index (κ3) is 3.16. The number of nitrogens with one attached hydrogen (secondary N) is 1. The molecule has 1 amide bonds. The summed E-state index contributed by atoms with van der Waals surface area (Å²) in [6.45, 7) is 1.86. The summed E-state index contributed by atoms with van der Waals surface area (Å²) in [7, 11) is 0. The van der Waals surface area contributed by atoms with Crippen LogP contribution in [0.1, 0.15) is 26.3 Å². The summed E-state index contributed by atoms with van der Waals surface area (Å²) in [5, 5.41) is 13.9. The molecule has 0 aromatic heterocycles. The van der Waals surface area contributed by atoms with Gasteiger partial charge in [-0.3, -0.25) is 4.79 Å². The van der Waals surface area contributed by atoms with E-state index in [4.69, 9.17) is 11.6 Å². The molecule has 4 nitrogen and oxygen atoms in total. The van der Waals surface area contributed by atoms with Crippen LogP contribution in [0.4, 0.5) is 5.69 Å². The van der Waals surface area contributed by atoms with Crippen molar-refractivity contribution in [3.05, 3.63) is 64.2 Å². The largest absolute Gasteiger partial charge is 0.545 e. The van der Waals surface area contributed by atoms with Gasteiger partial charge in [-0.15, -0.1) is 0 Å². The van der Waals surface area contributed by atoms with Crippen molar-refractivity contribution in [3.63, 3.8) is 0 Å². The molecule has 0 saturated heterocycles. The number of aryl methyl sites for hydroxylation is 1. The molecule has 0 saturated carbocycles. The quantitative estimate of drug-likeness (QED) is 0.942. The monoisotopic (exact) mass is 288 g/mol. The van der Waals surface area contributed by atoms with Crippen LogP contribution >= 0.6 is 11.6 Å². The summed E-state index contributed by atoms with van der Waals surface area (Å²) < 4.78 is 0. The molecule has 0 aliphatic carbocycles. The number of carbonyl (C=O) groups excluding carboxylic acids is 2. The van der Waals surface area contributed by atoms with E-state index in [9.17, 15) is 14.7 Å². The highest BCUT2D eigenvalue weighted by molar-refractivity contribution is 6.31. The first-order valence-corrected chi connectivity index (χ1v) is 6.24. The third-order valence-corrected chi connectivity index (χ3v) is 2.97. The average molecular weight is 289 g/mol. The minimum absolute atomic E-state index is 0.115. The second-order valence-electron chi connectivity index (χ2n) is 4.30. The molecule has 5 heteroatoms. The van der Waals surface area contributed by atoms with Gasteiger partial charge in [0, 0.05) is 16.1 Å². The molecular weight excluding hydrogens is 278 g/mol. The lowest BCUT2D eigenvalue weighted by Crippen LogP contribution is -2.24. The van der Waals surface area contributed by atoms with E-state index in [0.717, 1.165) is 5.56 Å². The Kier molecular flexibility index (Phi) is 4.05. The zero-order valence-corrected chi connectivity index (χ0v) is 11.4. The lowest BCUT2D eigenvalue weighted by Gasteiger charge is -2.12. The van der Waals surface area contributed by atoms with E-state index in [2.05, 4.69) is 5.32 Å². The van der Waals surface area contributed by atoms with E-state index in [1.807, 2.05) is 13.0 Å². The molecule has 0 unspecified atom stereocenters. The Bertz CT molecular complexity index is 683. The molecule has 1 N–H and O–H groups in total. The standard InChI is InChI=1S/C15H12ClNO3/c1-9-3-2-4-10(7-9)14(18)17-13-8-11(16)5-6-12(13)15(19)20/h2-8H,1H3,(H,17,18)(H,19,20)/p-1. The lowest BCUT2D eigenvalue weighted by atomic mass is 10.1. The van der Waals surface area contributed by atoms with Crippen molar-refractivity contribution >= 4 is 29.2 Å².